The summed E-state index contributed by atoms with van der Waals surface area (Å²) in [6, 6.07) is 7.86. The van der Waals surface area contributed by atoms with Gasteiger partial charge in [0, 0.05) is 17.6 Å². The van der Waals surface area contributed by atoms with Crippen LogP contribution in [-0.2, 0) is 4.74 Å². The Hall–Kier alpha value is -2.01. The first-order valence-electron chi connectivity index (χ1n) is 9.54. The summed E-state index contributed by atoms with van der Waals surface area (Å²) in [6.07, 6.45) is 3.60. The molecule has 2 heterocycles. The Balaban J connectivity index is 1.68. The normalized spacial score (nSPS) is 16.0. The maximum atomic E-state index is 12.5. The number of rotatable bonds is 4. The molecular formula is C21H30N2O3. The molecular weight excluding hydrogens is 328 g/mol. The van der Waals surface area contributed by atoms with Crippen molar-refractivity contribution in [2.75, 3.05) is 26.2 Å². The third-order valence-electron chi connectivity index (χ3n) is 4.66. The molecule has 0 aliphatic carbocycles. The van der Waals surface area contributed by atoms with Crippen molar-refractivity contribution in [3.05, 3.63) is 30.0 Å². The van der Waals surface area contributed by atoms with Crippen molar-refractivity contribution in [3.8, 4) is 5.75 Å². The summed E-state index contributed by atoms with van der Waals surface area (Å²) in [5, 5.41) is 0.990. The highest BCUT2D eigenvalue weighted by Crippen LogP contribution is 2.25. The summed E-state index contributed by atoms with van der Waals surface area (Å²) < 4.78 is 13.1. The molecule has 0 radical (unpaired) electrons. The van der Waals surface area contributed by atoms with Gasteiger partial charge in [-0.1, -0.05) is 6.42 Å². The number of nitrogens with zero attached hydrogens (tertiary/aromatic N) is 2. The van der Waals surface area contributed by atoms with E-state index in [1.807, 2.05) is 52.0 Å². The third-order valence-corrected chi connectivity index (χ3v) is 4.66. The van der Waals surface area contributed by atoms with Crippen molar-refractivity contribution in [1.29, 1.82) is 0 Å². The third kappa shape index (κ3) is 4.58. The molecule has 0 spiro atoms. The molecule has 1 fully saturated rings. The molecule has 0 atom stereocenters. The second-order valence-corrected chi connectivity index (χ2v) is 8.07. The molecule has 0 unspecified atom stereocenters. The quantitative estimate of drug-likeness (QED) is 0.801. The molecule has 3 rings (SSSR count). The van der Waals surface area contributed by atoms with Crippen LogP contribution in [0.15, 0.2) is 24.3 Å². The number of carbonyl (C=O) groups excluding carboxylic acids is 1. The second kappa shape index (κ2) is 7.70. The van der Waals surface area contributed by atoms with Crippen molar-refractivity contribution < 1.29 is 14.3 Å². The van der Waals surface area contributed by atoms with Gasteiger partial charge in [-0.3, -0.25) is 4.90 Å². The number of fused-ring (bicyclic) bond motifs is 1. The lowest BCUT2D eigenvalue weighted by atomic mass is 10.1. The van der Waals surface area contributed by atoms with Gasteiger partial charge in [0.05, 0.1) is 5.52 Å². The number of aromatic nitrogens is 1. The summed E-state index contributed by atoms with van der Waals surface area (Å²) in [5.41, 5.74) is 1.19. The van der Waals surface area contributed by atoms with Gasteiger partial charge in [-0.15, -0.1) is 0 Å². The van der Waals surface area contributed by atoms with Crippen LogP contribution in [0.5, 0.6) is 5.75 Å². The first kappa shape index (κ1) is 18.8. The molecule has 5 heteroatoms. The minimum Gasteiger partial charge on any atom is -0.492 e. The number of hydrogen-bond acceptors (Lipinski definition) is 4. The fourth-order valence-corrected chi connectivity index (χ4v) is 3.45. The lowest BCUT2D eigenvalue weighted by molar-refractivity contribution is 0.0541. The van der Waals surface area contributed by atoms with Crippen molar-refractivity contribution >= 4 is 17.0 Å². The highest BCUT2D eigenvalue weighted by molar-refractivity contribution is 5.91. The first-order valence-corrected chi connectivity index (χ1v) is 9.54. The van der Waals surface area contributed by atoms with E-state index >= 15 is 0 Å². The minimum atomic E-state index is -0.516. The zero-order valence-electron chi connectivity index (χ0n) is 16.4. The molecule has 0 saturated carbocycles. The Morgan fingerprint density at radius 2 is 1.85 bits per heavy atom. The Morgan fingerprint density at radius 3 is 2.54 bits per heavy atom. The number of benzene rings is 1. The van der Waals surface area contributed by atoms with Crippen molar-refractivity contribution in [1.82, 2.24) is 9.47 Å². The van der Waals surface area contributed by atoms with Crippen LogP contribution in [0.3, 0.4) is 0 Å². The van der Waals surface area contributed by atoms with E-state index in [1.165, 1.54) is 32.4 Å². The van der Waals surface area contributed by atoms with Crippen molar-refractivity contribution in [2.45, 2.75) is 52.6 Å². The van der Waals surface area contributed by atoms with Gasteiger partial charge in [0.25, 0.3) is 0 Å². The average molecular weight is 358 g/mol. The molecule has 5 nitrogen and oxygen atoms in total. The highest BCUT2D eigenvalue weighted by Gasteiger charge is 2.21. The van der Waals surface area contributed by atoms with E-state index < -0.39 is 5.60 Å². The zero-order chi connectivity index (χ0) is 18.7. The monoisotopic (exact) mass is 358 g/mol. The van der Waals surface area contributed by atoms with Gasteiger partial charge in [-0.2, -0.15) is 0 Å². The highest BCUT2D eigenvalue weighted by atomic mass is 16.6. The van der Waals surface area contributed by atoms with Crippen LogP contribution in [0, 0.1) is 6.92 Å². The zero-order valence-corrected chi connectivity index (χ0v) is 16.4. The lowest BCUT2D eigenvalue weighted by Crippen LogP contribution is -2.33. The predicted octanol–water partition coefficient (Wildman–Crippen LogP) is 4.60. The summed E-state index contributed by atoms with van der Waals surface area (Å²) >= 11 is 0. The average Bonchev–Trinajstić information content (AvgIpc) is 2.89. The number of piperidine rings is 1. The number of hydrogen-bond donors (Lipinski definition) is 0. The van der Waals surface area contributed by atoms with Crippen LogP contribution in [0.1, 0.15) is 45.7 Å². The van der Waals surface area contributed by atoms with Crippen LogP contribution < -0.4 is 4.74 Å². The second-order valence-electron chi connectivity index (χ2n) is 8.07. The van der Waals surface area contributed by atoms with E-state index in [0.717, 1.165) is 28.9 Å². The fourth-order valence-electron chi connectivity index (χ4n) is 3.45. The van der Waals surface area contributed by atoms with Gasteiger partial charge in [0.1, 0.15) is 18.0 Å². The molecule has 2 aromatic rings. The Bertz CT molecular complexity index is 767. The summed E-state index contributed by atoms with van der Waals surface area (Å²) in [6.45, 7) is 11.6. The van der Waals surface area contributed by atoms with E-state index in [2.05, 4.69) is 4.90 Å². The maximum Gasteiger partial charge on any atom is 0.419 e. The minimum absolute atomic E-state index is 0.344. The van der Waals surface area contributed by atoms with Gasteiger partial charge >= 0.3 is 6.09 Å². The van der Waals surface area contributed by atoms with Gasteiger partial charge in [-0.25, -0.2) is 9.36 Å². The van der Waals surface area contributed by atoms with Crippen LogP contribution >= 0.6 is 0 Å². The molecule has 0 N–H and O–H groups in total. The van der Waals surface area contributed by atoms with E-state index in [9.17, 15) is 4.79 Å². The summed E-state index contributed by atoms with van der Waals surface area (Å²) in [5.74, 6) is 0.843. The molecule has 1 saturated heterocycles. The molecule has 1 aromatic carbocycles. The number of likely N-dealkylation sites (tertiary alicyclic amines) is 1. The number of aryl methyl sites for hydroxylation is 1. The largest absolute Gasteiger partial charge is 0.492 e. The smallest absolute Gasteiger partial charge is 0.419 e. The Morgan fingerprint density at radius 1 is 1.12 bits per heavy atom. The van der Waals surface area contributed by atoms with Crippen LogP contribution in [0.4, 0.5) is 4.79 Å². The fraction of sp³-hybridized carbons (Fsp3) is 0.571. The van der Waals surface area contributed by atoms with Crippen molar-refractivity contribution in [3.63, 3.8) is 0 Å². The molecule has 0 bridgehead atoms. The van der Waals surface area contributed by atoms with E-state index in [0.29, 0.717) is 6.61 Å². The van der Waals surface area contributed by atoms with Crippen LogP contribution in [0.2, 0.25) is 0 Å². The number of ether oxygens (including phenoxy) is 2. The molecule has 0 amide bonds. The topological polar surface area (TPSA) is 43.7 Å². The van der Waals surface area contributed by atoms with Gasteiger partial charge in [0.2, 0.25) is 0 Å². The molecule has 1 aliphatic heterocycles. The Kier molecular flexibility index (Phi) is 5.56. The van der Waals surface area contributed by atoms with Gasteiger partial charge in [0.15, 0.2) is 0 Å². The first-order chi connectivity index (χ1) is 12.3. The maximum absolute atomic E-state index is 12.5. The number of carbonyl (C=O) groups is 1. The van der Waals surface area contributed by atoms with Gasteiger partial charge in [-0.05, 0) is 77.9 Å². The SMILES string of the molecule is Cc1cc2cc(OCCN3CCCCC3)ccc2n1C(=O)OC(C)(C)C. The predicted molar refractivity (Wildman–Crippen MR) is 104 cm³/mol. The van der Waals surface area contributed by atoms with E-state index in [1.54, 1.807) is 4.57 Å². The molecule has 26 heavy (non-hydrogen) atoms. The van der Waals surface area contributed by atoms with E-state index in [-0.39, 0.29) is 6.09 Å². The van der Waals surface area contributed by atoms with Crippen LogP contribution in [-0.4, -0.2) is 47.4 Å². The Labute approximate surface area is 155 Å². The summed E-state index contributed by atoms with van der Waals surface area (Å²) in [4.78, 5) is 15.0. The van der Waals surface area contributed by atoms with Crippen LogP contribution in [0.25, 0.3) is 10.9 Å². The summed E-state index contributed by atoms with van der Waals surface area (Å²) in [7, 11) is 0. The van der Waals surface area contributed by atoms with Gasteiger partial charge < -0.3 is 9.47 Å². The van der Waals surface area contributed by atoms with Crippen molar-refractivity contribution in [2.24, 2.45) is 0 Å². The van der Waals surface area contributed by atoms with E-state index in [4.69, 9.17) is 9.47 Å². The lowest BCUT2D eigenvalue weighted by Gasteiger charge is -2.26. The molecule has 1 aliphatic rings. The molecule has 142 valence electrons. The standard InChI is InChI=1S/C21H30N2O3/c1-16-14-17-15-18(25-13-12-22-10-6-5-7-11-22)8-9-19(17)23(16)20(24)26-21(2,3)4/h8-9,14-15H,5-7,10-13H2,1-4H3. The molecule has 1 aromatic heterocycles.